The maximum absolute atomic E-state index is 13.8. The Morgan fingerprint density at radius 3 is 2.44 bits per heavy atom. The molecule has 0 radical (unpaired) electrons. The van der Waals surface area contributed by atoms with Gasteiger partial charge in [0, 0.05) is 41.9 Å². The van der Waals surface area contributed by atoms with Gasteiger partial charge in [0.15, 0.2) is 5.65 Å². The molecule has 2 N–H and O–H groups in total. The fraction of sp³-hybridized carbons (Fsp3) is 0.656. The van der Waals surface area contributed by atoms with E-state index in [-0.39, 0.29) is 24.9 Å². The second-order valence-electron chi connectivity index (χ2n) is 14.4. The molecule has 3 aromatic rings. The van der Waals surface area contributed by atoms with E-state index in [1.807, 2.05) is 41.5 Å². The SMILES string of the molecule is CC(C)c1cnn2c(N(Cc3nc(C4CC4)cs3)C(=O)OC(C)(C)C)cc(NC[C@H]3CCN(C(=O)OC(C)(C)C)C[C@@H]3O)nc12. The number of piperidine rings is 1. The molecule has 246 valence electrons. The highest BCUT2D eigenvalue weighted by molar-refractivity contribution is 7.09. The number of ether oxygens (including phenoxy) is 2. The van der Waals surface area contributed by atoms with Crippen LogP contribution in [0.3, 0.4) is 0 Å². The van der Waals surface area contributed by atoms with Crippen molar-refractivity contribution in [2.75, 3.05) is 29.9 Å². The van der Waals surface area contributed by atoms with Crippen LogP contribution in [0.15, 0.2) is 17.6 Å². The molecular formula is C32H47N7O5S. The molecule has 0 unspecified atom stereocenters. The van der Waals surface area contributed by atoms with Crippen molar-refractivity contribution < 1.29 is 24.2 Å². The van der Waals surface area contributed by atoms with Gasteiger partial charge in [-0.3, -0.25) is 4.90 Å². The van der Waals surface area contributed by atoms with Crippen LogP contribution >= 0.6 is 11.3 Å². The summed E-state index contributed by atoms with van der Waals surface area (Å²) in [6.45, 7) is 16.5. The predicted octanol–water partition coefficient (Wildman–Crippen LogP) is 6.16. The lowest BCUT2D eigenvalue weighted by atomic mass is 9.94. The van der Waals surface area contributed by atoms with Crippen LogP contribution in [0.25, 0.3) is 5.65 Å². The van der Waals surface area contributed by atoms with E-state index in [4.69, 9.17) is 19.4 Å². The van der Waals surface area contributed by atoms with E-state index in [0.29, 0.717) is 42.7 Å². The summed E-state index contributed by atoms with van der Waals surface area (Å²) in [5, 5.41) is 21.9. The van der Waals surface area contributed by atoms with Crippen molar-refractivity contribution in [3.63, 3.8) is 0 Å². The second kappa shape index (κ2) is 12.7. The highest BCUT2D eigenvalue weighted by Crippen LogP contribution is 2.40. The number of amides is 2. The molecule has 3 aromatic heterocycles. The van der Waals surface area contributed by atoms with Crippen molar-refractivity contribution in [1.29, 1.82) is 0 Å². The molecule has 2 aliphatic rings. The van der Waals surface area contributed by atoms with Crippen LogP contribution < -0.4 is 10.2 Å². The van der Waals surface area contributed by atoms with Gasteiger partial charge >= 0.3 is 12.2 Å². The number of hydrogen-bond donors (Lipinski definition) is 2. The molecule has 2 amide bonds. The fourth-order valence-corrected chi connectivity index (χ4v) is 6.12. The van der Waals surface area contributed by atoms with Crippen molar-refractivity contribution in [2.24, 2.45) is 5.92 Å². The number of β-amino-alcohol motifs (C(OH)–C–C–N with tert-alkyl or cyclic N) is 1. The van der Waals surface area contributed by atoms with Gasteiger partial charge in [-0.1, -0.05) is 13.8 Å². The highest BCUT2D eigenvalue weighted by atomic mass is 32.1. The molecule has 1 aliphatic carbocycles. The molecule has 2 fully saturated rings. The van der Waals surface area contributed by atoms with E-state index < -0.39 is 29.5 Å². The van der Waals surface area contributed by atoms with Gasteiger partial charge in [-0.25, -0.2) is 19.6 Å². The average molecular weight is 642 g/mol. The number of carbonyl (C=O) groups is 2. The molecular weight excluding hydrogens is 594 g/mol. The first-order valence-corrected chi connectivity index (χ1v) is 16.7. The first-order chi connectivity index (χ1) is 21.1. The van der Waals surface area contributed by atoms with Crippen molar-refractivity contribution in [2.45, 2.75) is 110 Å². The zero-order valence-corrected chi connectivity index (χ0v) is 28.5. The molecule has 1 aliphatic heterocycles. The molecule has 12 nitrogen and oxygen atoms in total. The summed E-state index contributed by atoms with van der Waals surface area (Å²) in [6.07, 6.45) is 3.04. The number of nitrogens with one attached hydrogen (secondary N) is 1. The minimum Gasteiger partial charge on any atom is -0.444 e. The number of nitrogens with zero attached hydrogens (tertiary/aromatic N) is 6. The van der Waals surface area contributed by atoms with Gasteiger partial charge < -0.3 is 24.8 Å². The van der Waals surface area contributed by atoms with Gasteiger partial charge in [-0.05, 0) is 66.7 Å². The summed E-state index contributed by atoms with van der Waals surface area (Å²) in [5.74, 6) is 1.60. The first kappa shape index (κ1) is 32.9. The van der Waals surface area contributed by atoms with Crippen LogP contribution in [0.2, 0.25) is 0 Å². The third kappa shape index (κ3) is 8.23. The van der Waals surface area contributed by atoms with Crippen LogP contribution in [-0.4, -0.2) is 78.7 Å². The Kier molecular flexibility index (Phi) is 9.33. The van der Waals surface area contributed by atoms with E-state index in [9.17, 15) is 14.7 Å². The van der Waals surface area contributed by atoms with Gasteiger partial charge in [0.05, 0.1) is 31.1 Å². The standard InChI is InChI=1S/C32H47N7O5S/c1-19(2)22-15-34-39-27(38(30(42)44-32(6,7)8)17-26-35-23(18-45-26)20-9-10-20)13-25(36-28(22)39)33-14-21-11-12-37(16-24(21)40)29(41)43-31(3,4)5/h13,15,18-21,24,40H,9-12,14,16-17H2,1-8H3,(H,33,36)/t21-,24+/m1/s1. The van der Waals surface area contributed by atoms with Crippen LogP contribution in [0.5, 0.6) is 0 Å². The van der Waals surface area contributed by atoms with Gasteiger partial charge in [0.1, 0.15) is 27.8 Å². The minimum atomic E-state index is -0.730. The molecule has 0 aromatic carbocycles. The third-order valence-corrected chi connectivity index (χ3v) is 8.62. The lowest BCUT2D eigenvalue weighted by Gasteiger charge is -2.36. The number of anilines is 2. The smallest absolute Gasteiger partial charge is 0.416 e. The van der Waals surface area contributed by atoms with Crippen LogP contribution in [-0.2, 0) is 16.0 Å². The van der Waals surface area contributed by atoms with E-state index >= 15 is 0 Å². The Balaban J connectivity index is 1.41. The van der Waals surface area contributed by atoms with Gasteiger partial charge in [-0.2, -0.15) is 9.61 Å². The third-order valence-electron chi connectivity index (χ3n) is 7.77. The molecule has 1 saturated heterocycles. The van der Waals surface area contributed by atoms with E-state index in [0.717, 1.165) is 29.1 Å². The van der Waals surface area contributed by atoms with Crippen molar-refractivity contribution in [3.8, 4) is 0 Å². The van der Waals surface area contributed by atoms with E-state index in [2.05, 4.69) is 29.6 Å². The molecule has 0 spiro atoms. The molecule has 0 bridgehead atoms. The molecule has 45 heavy (non-hydrogen) atoms. The molecule has 4 heterocycles. The molecule has 1 saturated carbocycles. The number of aromatic nitrogens is 4. The largest absolute Gasteiger partial charge is 0.444 e. The van der Waals surface area contributed by atoms with E-state index in [1.165, 1.54) is 0 Å². The lowest BCUT2D eigenvalue weighted by Crippen LogP contribution is -2.49. The van der Waals surface area contributed by atoms with E-state index in [1.54, 1.807) is 37.9 Å². The van der Waals surface area contributed by atoms with Crippen molar-refractivity contribution >= 4 is 40.8 Å². The number of likely N-dealkylation sites (tertiary alicyclic amines) is 1. The fourth-order valence-electron chi connectivity index (χ4n) is 5.26. The van der Waals surface area contributed by atoms with Gasteiger partial charge in [-0.15, -0.1) is 11.3 Å². The normalized spacial score (nSPS) is 19.2. The number of aliphatic hydroxyl groups is 1. The summed E-state index contributed by atoms with van der Waals surface area (Å²) >= 11 is 1.54. The number of carbonyl (C=O) groups excluding carboxylic acids is 2. The Bertz CT molecular complexity index is 1520. The monoisotopic (exact) mass is 641 g/mol. The predicted molar refractivity (Wildman–Crippen MR) is 174 cm³/mol. The van der Waals surface area contributed by atoms with Crippen molar-refractivity contribution in [3.05, 3.63) is 33.9 Å². The molecule has 2 atom stereocenters. The maximum Gasteiger partial charge on any atom is 0.416 e. The average Bonchev–Trinajstić information content (AvgIpc) is 3.51. The number of fused-ring (bicyclic) bond motifs is 1. The van der Waals surface area contributed by atoms with Crippen LogP contribution in [0, 0.1) is 5.92 Å². The first-order valence-electron chi connectivity index (χ1n) is 15.8. The second-order valence-corrected chi connectivity index (χ2v) is 15.4. The summed E-state index contributed by atoms with van der Waals surface area (Å²) in [4.78, 5) is 39.2. The number of hydrogen-bond acceptors (Lipinski definition) is 10. The topological polar surface area (TPSA) is 134 Å². The number of rotatable bonds is 8. The zero-order valence-electron chi connectivity index (χ0n) is 27.7. The number of thiazole rings is 1. The van der Waals surface area contributed by atoms with Crippen LogP contribution in [0.4, 0.5) is 21.2 Å². The molecule has 13 heteroatoms. The zero-order chi connectivity index (χ0) is 32.7. The quantitative estimate of drug-likeness (QED) is 0.297. The van der Waals surface area contributed by atoms with Crippen molar-refractivity contribution in [1.82, 2.24) is 24.5 Å². The number of aliphatic hydroxyl groups excluding tert-OH is 1. The lowest BCUT2D eigenvalue weighted by molar-refractivity contribution is -0.0104. The highest BCUT2D eigenvalue weighted by Gasteiger charge is 2.33. The van der Waals surface area contributed by atoms with Crippen LogP contribution in [0.1, 0.15) is 103 Å². The Morgan fingerprint density at radius 1 is 1.11 bits per heavy atom. The maximum atomic E-state index is 13.8. The summed E-state index contributed by atoms with van der Waals surface area (Å²) < 4.78 is 13.1. The Morgan fingerprint density at radius 2 is 1.82 bits per heavy atom. The summed E-state index contributed by atoms with van der Waals surface area (Å²) in [5.41, 5.74) is 1.36. The van der Waals surface area contributed by atoms with Gasteiger partial charge in [0.2, 0.25) is 0 Å². The Hall–Kier alpha value is -3.45. The summed E-state index contributed by atoms with van der Waals surface area (Å²) in [7, 11) is 0. The minimum absolute atomic E-state index is 0.113. The van der Waals surface area contributed by atoms with Gasteiger partial charge in [0.25, 0.3) is 0 Å². The summed E-state index contributed by atoms with van der Waals surface area (Å²) in [6, 6.07) is 1.80. The Labute approximate surface area is 269 Å². The molecule has 5 rings (SSSR count).